The van der Waals surface area contributed by atoms with Crippen molar-refractivity contribution >= 4 is 11.8 Å². The summed E-state index contributed by atoms with van der Waals surface area (Å²) in [6.07, 6.45) is 1.42. The molecule has 0 bridgehead atoms. The molecule has 0 spiro atoms. The molecule has 1 rings (SSSR count). The van der Waals surface area contributed by atoms with Crippen molar-refractivity contribution in [2.75, 3.05) is 6.26 Å². The summed E-state index contributed by atoms with van der Waals surface area (Å²) < 4.78 is 0. The Balaban J connectivity index is 2.83. The molecular weight excluding hydrogens is 156 g/mol. The molecule has 0 saturated heterocycles. The van der Waals surface area contributed by atoms with Crippen LogP contribution in [0, 0.1) is 0 Å². The maximum absolute atomic E-state index is 10.9. The van der Waals surface area contributed by atoms with Crippen molar-refractivity contribution in [3.63, 3.8) is 0 Å². The number of rotatable bonds is 2. The van der Waals surface area contributed by atoms with Crippen molar-refractivity contribution < 1.29 is 5.11 Å². The molecule has 0 aliphatic carbocycles. The summed E-state index contributed by atoms with van der Waals surface area (Å²) in [4.78, 5) is 1.20. The van der Waals surface area contributed by atoms with E-state index in [-0.39, 0.29) is 0 Å². The van der Waals surface area contributed by atoms with Crippen molar-refractivity contribution in [3.8, 4) is 0 Å². The van der Waals surface area contributed by atoms with Crippen molar-refractivity contribution in [1.29, 1.82) is 0 Å². The lowest BCUT2D eigenvalue weighted by atomic mass is 10.1. The van der Waals surface area contributed by atoms with E-state index in [0.717, 1.165) is 5.56 Å². The smallest absolute Gasteiger partial charge is 0.115 e. The van der Waals surface area contributed by atoms with Crippen LogP contribution in [0.4, 0.5) is 0 Å². The van der Waals surface area contributed by atoms with E-state index in [9.17, 15) is 5.11 Å². The molecule has 0 aromatic heterocycles. The van der Waals surface area contributed by atoms with Crippen molar-refractivity contribution in [2.45, 2.75) is 17.9 Å². The first-order valence-electron chi connectivity index (χ1n) is 3.54. The zero-order chi connectivity index (χ0) is 8.27. The molecule has 0 saturated carbocycles. The third kappa shape index (κ3) is 2.24. The maximum atomic E-state index is 10.9. The predicted octanol–water partition coefficient (Wildman–Crippen LogP) is 2.90. The molecule has 11 heavy (non-hydrogen) atoms. The molecule has 0 fully saturated rings. The first kappa shape index (κ1) is 8.62. The largest absolute Gasteiger partial charge is 0.228 e. The molecule has 1 unspecified atom stereocenters. The molecule has 1 aromatic carbocycles. The van der Waals surface area contributed by atoms with E-state index < -0.39 is 6.10 Å². The van der Waals surface area contributed by atoms with Gasteiger partial charge in [-0.1, -0.05) is 12.1 Å². The Hall–Kier alpha value is -0.470. The van der Waals surface area contributed by atoms with Gasteiger partial charge in [0.25, 0.3) is 0 Å². The second-order valence-corrected chi connectivity index (χ2v) is 3.30. The predicted molar refractivity (Wildman–Crippen MR) is 47.3 cm³/mol. The zero-order valence-electron chi connectivity index (χ0n) is 6.70. The van der Waals surface area contributed by atoms with E-state index in [2.05, 4.69) is 0 Å². The summed E-state index contributed by atoms with van der Waals surface area (Å²) in [7, 11) is 0. The molecule has 0 heterocycles. The summed E-state index contributed by atoms with van der Waals surface area (Å²) >= 11 is 1.69. The average Bonchev–Trinajstić information content (AvgIpc) is 2.05. The molecule has 59 valence electrons. The Morgan fingerprint density at radius 1 is 1.27 bits per heavy atom. The van der Waals surface area contributed by atoms with Gasteiger partial charge in [0, 0.05) is 4.90 Å². The molecule has 1 aromatic rings. The Labute approximate surface area is 71.4 Å². The Kier molecular flexibility index (Phi) is 2.97. The summed E-state index contributed by atoms with van der Waals surface area (Å²) in [5, 5.41) is 10.9. The van der Waals surface area contributed by atoms with Crippen LogP contribution in [-0.2, 0) is 5.11 Å². The molecule has 2 heteroatoms. The molecule has 1 atom stereocenters. The fourth-order valence-electron chi connectivity index (χ4n) is 0.875. The van der Waals surface area contributed by atoms with Crippen molar-refractivity contribution in [2.24, 2.45) is 0 Å². The quantitative estimate of drug-likeness (QED) is 0.620. The van der Waals surface area contributed by atoms with Gasteiger partial charge in [-0.15, -0.1) is 11.8 Å². The fourth-order valence-corrected chi connectivity index (χ4v) is 1.28. The first-order valence-corrected chi connectivity index (χ1v) is 4.76. The highest BCUT2D eigenvalue weighted by molar-refractivity contribution is 7.98. The van der Waals surface area contributed by atoms with Gasteiger partial charge in [-0.3, -0.25) is 0 Å². The van der Waals surface area contributed by atoms with Crippen LogP contribution in [-0.4, -0.2) is 6.26 Å². The van der Waals surface area contributed by atoms with E-state index in [1.165, 1.54) is 4.90 Å². The minimum absolute atomic E-state index is 0.606. The zero-order valence-corrected chi connectivity index (χ0v) is 7.52. The molecular formula is C9H11OS. The molecule has 0 N–H and O–H groups in total. The molecule has 0 aliphatic heterocycles. The van der Waals surface area contributed by atoms with E-state index >= 15 is 0 Å². The second-order valence-electron chi connectivity index (χ2n) is 2.42. The number of hydrogen-bond donors (Lipinski definition) is 0. The lowest BCUT2D eigenvalue weighted by Gasteiger charge is -2.01. The minimum Gasteiger partial charge on any atom is -0.228 e. The van der Waals surface area contributed by atoms with Crippen LogP contribution < -0.4 is 0 Å². The van der Waals surface area contributed by atoms with Crippen LogP contribution in [0.25, 0.3) is 0 Å². The highest BCUT2D eigenvalue weighted by atomic mass is 32.2. The van der Waals surface area contributed by atoms with E-state index in [0.29, 0.717) is 0 Å². The van der Waals surface area contributed by atoms with Crippen molar-refractivity contribution in [3.05, 3.63) is 29.8 Å². The van der Waals surface area contributed by atoms with Crippen molar-refractivity contribution in [1.82, 2.24) is 0 Å². The molecule has 1 nitrogen and oxygen atoms in total. The summed E-state index contributed by atoms with van der Waals surface area (Å²) in [5.41, 5.74) is 0.864. The van der Waals surface area contributed by atoms with Gasteiger partial charge < -0.3 is 0 Å². The summed E-state index contributed by atoms with van der Waals surface area (Å²) in [6.45, 7) is 1.66. The van der Waals surface area contributed by atoms with Gasteiger partial charge in [-0.05, 0) is 30.9 Å². The van der Waals surface area contributed by atoms with Crippen LogP contribution in [0.15, 0.2) is 29.2 Å². The van der Waals surface area contributed by atoms with E-state index in [1.807, 2.05) is 30.5 Å². The van der Waals surface area contributed by atoms with Crippen LogP contribution >= 0.6 is 11.8 Å². The second kappa shape index (κ2) is 3.79. The van der Waals surface area contributed by atoms with E-state index in [4.69, 9.17) is 0 Å². The summed E-state index contributed by atoms with van der Waals surface area (Å²) in [5.74, 6) is 0. The van der Waals surface area contributed by atoms with Gasteiger partial charge in [0.05, 0.1) is 0 Å². The van der Waals surface area contributed by atoms with Gasteiger partial charge in [-0.25, -0.2) is 5.11 Å². The number of benzene rings is 1. The molecule has 0 amide bonds. The Morgan fingerprint density at radius 2 is 1.82 bits per heavy atom. The van der Waals surface area contributed by atoms with Gasteiger partial charge in [-0.2, -0.15) is 0 Å². The minimum atomic E-state index is -0.606. The SMILES string of the molecule is CSc1ccc(C(C)[O])cc1. The van der Waals surface area contributed by atoms with Gasteiger partial charge in [0.2, 0.25) is 0 Å². The normalized spacial score (nSPS) is 13.0. The highest BCUT2D eigenvalue weighted by Gasteiger charge is 2.00. The average molecular weight is 167 g/mol. The van der Waals surface area contributed by atoms with Crippen LogP contribution in [0.1, 0.15) is 18.6 Å². The van der Waals surface area contributed by atoms with Crippen LogP contribution in [0.2, 0.25) is 0 Å². The molecule has 0 aliphatic rings. The lowest BCUT2D eigenvalue weighted by molar-refractivity contribution is 0.106. The van der Waals surface area contributed by atoms with Gasteiger partial charge >= 0.3 is 0 Å². The van der Waals surface area contributed by atoms with Gasteiger partial charge in [0.1, 0.15) is 6.10 Å². The molecule has 1 radical (unpaired) electrons. The topological polar surface area (TPSA) is 19.9 Å². The monoisotopic (exact) mass is 167 g/mol. The fraction of sp³-hybridized carbons (Fsp3) is 0.333. The Morgan fingerprint density at radius 3 is 2.18 bits per heavy atom. The standard InChI is InChI=1S/C9H11OS/c1-7(10)8-3-5-9(11-2)6-4-8/h3-7H,1-2H3. The first-order chi connectivity index (χ1) is 5.24. The third-order valence-corrected chi connectivity index (χ3v) is 2.33. The number of hydrogen-bond acceptors (Lipinski definition) is 1. The maximum Gasteiger partial charge on any atom is 0.115 e. The van der Waals surface area contributed by atoms with E-state index in [1.54, 1.807) is 18.7 Å². The summed E-state index contributed by atoms with van der Waals surface area (Å²) in [6, 6.07) is 7.75. The van der Waals surface area contributed by atoms with Crippen LogP contribution in [0.3, 0.4) is 0 Å². The third-order valence-electron chi connectivity index (χ3n) is 1.59. The lowest BCUT2D eigenvalue weighted by Crippen LogP contribution is -1.87. The van der Waals surface area contributed by atoms with Gasteiger partial charge in [0.15, 0.2) is 0 Å². The number of thioether (sulfide) groups is 1. The highest BCUT2D eigenvalue weighted by Crippen LogP contribution is 2.18. The van der Waals surface area contributed by atoms with Crippen LogP contribution in [0.5, 0.6) is 0 Å². The Bertz CT molecular complexity index is 216.